The minimum absolute atomic E-state index is 0.279. The van der Waals surface area contributed by atoms with Crippen molar-refractivity contribution in [3.8, 4) is 5.75 Å². The van der Waals surface area contributed by atoms with Crippen molar-refractivity contribution in [3.63, 3.8) is 0 Å². The summed E-state index contributed by atoms with van der Waals surface area (Å²) in [6.45, 7) is 2.03. The van der Waals surface area contributed by atoms with Crippen LogP contribution in [0, 0.1) is 6.92 Å². The van der Waals surface area contributed by atoms with E-state index >= 15 is 0 Å². The largest absolute Gasteiger partial charge is 0.508 e. The maximum absolute atomic E-state index is 9.24. The van der Waals surface area contributed by atoms with Gasteiger partial charge in [-0.1, -0.05) is 12.1 Å². The molecular formula is C14H13N3O. The molecule has 0 saturated carbocycles. The number of aromatic amines is 1. The molecule has 90 valence electrons. The minimum Gasteiger partial charge on any atom is -0.508 e. The predicted octanol–water partition coefficient (Wildman–Crippen LogP) is 2.56. The number of hydrogen-bond acceptors (Lipinski definition) is 3. The maximum atomic E-state index is 9.24. The average Bonchev–Trinajstić information content (AvgIpc) is 2.76. The van der Waals surface area contributed by atoms with Crippen molar-refractivity contribution in [2.75, 3.05) is 0 Å². The molecule has 0 unspecified atom stereocenters. The van der Waals surface area contributed by atoms with Crippen LogP contribution >= 0.6 is 0 Å². The van der Waals surface area contributed by atoms with Crippen LogP contribution in [0.3, 0.4) is 0 Å². The lowest BCUT2D eigenvalue weighted by molar-refractivity contribution is 0.475. The number of pyridine rings is 1. The fraction of sp³-hybridized carbons (Fsp3) is 0.143. The molecule has 3 rings (SSSR count). The number of fused-ring (bicyclic) bond motifs is 1. The number of phenols is 1. The Morgan fingerprint density at radius 3 is 2.67 bits per heavy atom. The quantitative estimate of drug-likeness (QED) is 0.722. The fourth-order valence-corrected chi connectivity index (χ4v) is 1.97. The number of phenolic OH excluding ortho intramolecular Hbond substituents is 1. The number of hydrogen-bond donors (Lipinski definition) is 2. The third-order valence-corrected chi connectivity index (χ3v) is 2.96. The lowest BCUT2D eigenvalue weighted by Crippen LogP contribution is -1.89. The molecule has 0 bridgehead atoms. The second kappa shape index (κ2) is 4.14. The number of nitrogens with one attached hydrogen (secondary N) is 1. The summed E-state index contributed by atoms with van der Waals surface area (Å²) in [5, 5.41) is 9.24. The number of imidazole rings is 1. The Labute approximate surface area is 104 Å². The van der Waals surface area contributed by atoms with Crippen LogP contribution in [0.25, 0.3) is 11.2 Å². The van der Waals surface area contributed by atoms with Gasteiger partial charge < -0.3 is 10.1 Å². The Kier molecular flexibility index (Phi) is 2.48. The summed E-state index contributed by atoms with van der Waals surface area (Å²) in [5.41, 5.74) is 3.99. The van der Waals surface area contributed by atoms with Gasteiger partial charge >= 0.3 is 0 Å². The van der Waals surface area contributed by atoms with Crippen molar-refractivity contribution >= 4 is 11.2 Å². The standard InChI is InChI=1S/C14H13N3O/c1-9-6-7-15-14-13(9)16-12(17-14)8-10-2-4-11(18)5-3-10/h2-7,18H,8H2,1H3,(H,15,16,17). The summed E-state index contributed by atoms with van der Waals surface area (Å²) in [6, 6.07) is 9.11. The van der Waals surface area contributed by atoms with Crippen molar-refractivity contribution in [2.24, 2.45) is 0 Å². The van der Waals surface area contributed by atoms with Gasteiger partial charge in [-0.3, -0.25) is 0 Å². The van der Waals surface area contributed by atoms with Crippen LogP contribution in [0.4, 0.5) is 0 Å². The number of benzene rings is 1. The van der Waals surface area contributed by atoms with Crippen molar-refractivity contribution in [2.45, 2.75) is 13.3 Å². The Morgan fingerprint density at radius 1 is 1.17 bits per heavy atom. The van der Waals surface area contributed by atoms with Crippen LogP contribution in [0.1, 0.15) is 17.0 Å². The van der Waals surface area contributed by atoms with Crippen LogP contribution in [-0.4, -0.2) is 20.1 Å². The van der Waals surface area contributed by atoms with Gasteiger partial charge in [-0.25, -0.2) is 9.97 Å². The normalized spacial score (nSPS) is 10.9. The summed E-state index contributed by atoms with van der Waals surface area (Å²) < 4.78 is 0. The molecule has 0 spiro atoms. The van der Waals surface area contributed by atoms with E-state index in [-0.39, 0.29) is 5.75 Å². The zero-order valence-electron chi connectivity index (χ0n) is 10.0. The number of nitrogens with zero attached hydrogens (tertiary/aromatic N) is 2. The fourth-order valence-electron chi connectivity index (χ4n) is 1.97. The summed E-state index contributed by atoms with van der Waals surface area (Å²) in [5.74, 6) is 1.17. The Hall–Kier alpha value is -2.36. The van der Waals surface area contributed by atoms with E-state index in [1.54, 1.807) is 18.3 Å². The smallest absolute Gasteiger partial charge is 0.177 e. The van der Waals surface area contributed by atoms with Crippen molar-refractivity contribution in [1.29, 1.82) is 0 Å². The van der Waals surface area contributed by atoms with Gasteiger partial charge in [0.15, 0.2) is 5.65 Å². The first kappa shape index (κ1) is 10.8. The highest BCUT2D eigenvalue weighted by Crippen LogP contribution is 2.16. The Morgan fingerprint density at radius 2 is 1.94 bits per heavy atom. The highest BCUT2D eigenvalue weighted by atomic mass is 16.3. The molecule has 2 heterocycles. The van der Waals surface area contributed by atoms with Gasteiger partial charge in [0.05, 0.1) is 5.52 Å². The third kappa shape index (κ3) is 1.93. The second-order valence-electron chi connectivity index (χ2n) is 4.35. The lowest BCUT2D eigenvalue weighted by Gasteiger charge is -1.98. The topological polar surface area (TPSA) is 61.8 Å². The molecule has 0 aliphatic rings. The van der Waals surface area contributed by atoms with Crippen LogP contribution < -0.4 is 0 Å². The molecule has 0 amide bonds. The Balaban J connectivity index is 1.95. The van der Waals surface area contributed by atoms with E-state index in [1.165, 1.54) is 0 Å². The maximum Gasteiger partial charge on any atom is 0.177 e. The van der Waals surface area contributed by atoms with Gasteiger partial charge in [0, 0.05) is 12.6 Å². The second-order valence-corrected chi connectivity index (χ2v) is 4.35. The molecular weight excluding hydrogens is 226 g/mol. The molecule has 0 atom stereocenters. The molecule has 0 fully saturated rings. The van der Waals surface area contributed by atoms with Gasteiger partial charge in [0.2, 0.25) is 0 Å². The van der Waals surface area contributed by atoms with Crippen LogP contribution in [0.2, 0.25) is 0 Å². The van der Waals surface area contributed by atoms with E-state index < -0.39 is 0 Å². The number of H-pyrrole nitrogens is 1. The molecule has 18 heavy (non-hydrogen) atoms. The van der Waals surface area contributed by atoms with E-state index in [0.717, 1.165) is 28.1 Å². The van der Waals surface area contributed by atoms with E-state index in [0.29, 0.717) is 6.42 Å². The number of aryl methyl sites for hydroxylation is 1. The SMILES string of the molecule is Cc1ccnc2nc(Cc3ccc(O)cc3)[nH]c12. The van der Waals surface area contributed by atoms with E-state index in [1.807, 2.05) is 25.1 Å². The van der Waals surface area contributed by atoms with E-state index in [2.05, 4.69) is 15.0 Å². The summed E-state index contributed by atoms with van der Waals surface area (Å²) in [4.78, 5) is 12.0. The molecule has 4 heteroatoms. The molecule has 0 radical (unpaired) electrons. The molecule has 2 N–H and O–H groups in total. The zero-order valence-corrected chi connectivity index (χ0v) is 10.0. The van der Waals surface area contributed by atoms with Crippen LogP contribution in [0.5, 0.6) is 5.75 Å². The number of aromatic nitrogens is 3. The van der Waals surface area contributed by atoms with Crippen LogP contribution in [-0.2, 0) is 6.42 Å². The average molecular weight is 239 g/mol. The van der Waals surface area contributed by atoms with Crippen molar-refractivity contribution < 1.29 is 5.11 Å². The highest BCUT2D eigenvalue weighted by Gasteiger charge is 2.06. The predicted molar refractivity (Wildman–Crippen MR) is 69.5 cm³/mol. The summed E-state index contributed by atoms with van der Waals surface area (Å²) in [6.07, 6.45) is 2.47. The molecule has 4 nitrogen and oxygen atoms in total. The van der Waals surface area contributed by atoms with Gasteiger partial charge in [-0.2, -0.15) is 0 Å². The molecule has 0 aliphatic carbocycles. The first-order valence-electron chi connectivity index (χ1n) is 5.80. The van der Waals surface area contributed by atoms with Crippen molar-refractivity contribution in [1.82, 2.24) is 15.0 Å². The first-order chi connectivity index (χ1) is 8.72. The van der Waals surface area contributed by atoms with Gasteiger partial charge in [0.1, 0.15) is 11.6 Å². The number of rotatable bonds is 2. The van der Waals surface area contributed by atoms with Crippen LogP contribution in [0.15, 0.2) is 36.5 Å². The van der Waals surface area contributed by atoms with Gasteiger partial charge in [-0.15, -0.1) is 0 Å². The first-order valence-corrected chi connectivity index (χ1v) is 5.80. The lowest BCUT2D eigenvalue weighted by atomic mass is 10.1. The molecule has 3 aromatic rings. The molecule has 0 saturated heterocycles. The highest BCUT2D eigenvalue weighted by molar-refractivity contribution is 5.74. The van der Waals surface area contributed by atoms with Gasteiger partial charge in [0.25, 0.3) is 0 Å². The summed E-state index contributed by atoms with van der Waals surface area (Å²) >= 11 is 0. The Bertz CT molecular complexity index is 686. The molecule has 0 aliphatic heterocycles. The van der Waals surface area contributed by atoms with E-state index in [4.69, 9.17) is 0 Å². The monoisotopic (exact) mass is 239 g/mol. The van der Waals surface area contributed by atoms with Gasteiger partial charge in [-0.05, 0) is 36.2 Å². The zero-order chi connectivity index (χ0) is 12.5. The molecule has 2 aromatic heterocycles. The van der Waals surface area contributed by atoms with E-state index in [9.17, 15) is 5.11 Å². The minimum atomic E-state index is 0.279. The molecule has 1 aromatic carbocycles. The third-order valence-electron chi connectivity index (χ3n) is 2.96. The summed E-state index contributed by atoms with van der Waals surface area (Å²) in [7, 11) is 0. The number of aromatic hydroxyl groups is 1. The van der Waals surface area contributed by atoms with Crippen molar-refractivity contribution in [3.05, 3.63) is 53.5 Å².